The molecule has 1 aromatic heterocycles. The second kappa shape index (κ2) is 8.12. The number of rotatable bonds is 3. The molecular formula is C20H25N5O4. The number of para-hydroxylation sites is 2. The van der Waals surface area contributed by atoms with Crippen LogP contribution in [-0.2, 0) is 24.8 Å². The molecule has 2 aromatic rings. The van der Waals surface area contributed by atoms with Crippen LogP contribution in [0, 0.1) is 0 Å². The first-order valence-corrected chi connectivity index (χ1v) is 9.69. The van der Waals surface area contributed by atoms with Crippen molar-refractivity contribution in [3.63, 3.8) is 0 Å². The highest BCUT2D eigenvalue weighted by Gasteiger charge is 2.31. The van der Waals surface area contributed by atoms with E-state index >= 15 is 0 Å². The molecule has 9 nitrogen and oxygen atoms in total. The zero-order chi connectivity index (χ0) is 20.4. The Balaban J connectivity index is 1.53. The summed E-state index contributed by atoms with van der Waals surface area (Å²) < 4.78 is 12.4. The maximum Gasteiger partial charge on any atom is 0.322 e. The lowest BCUT2D eigenvalue weighted by molar-refractivity contribution is 0.0297. The molecule has 1 saturated heterocycles. The molecule has 3 amide bonds. The van der Waals surface area contributed by atoms with E-state index in [1.165, 1.54) is 0 Å². The predicted molar refractivity (Wildman–Crippen MR) is 106 cm³/mol. The van der Waals surface area contributed by atoms with Crippen molar-refractivity contribution >= 4 is 17.6 Å². The van der Waals surface area contributed by atoms with Crippen molar-refractivity contribution in [3.8, 4) is 5.75 Å². The SMILES string of the molecule is COc1ccccc1NC(=O)N1CCc2c(c(C(=O)N3CCOCC3)nn2C)C1. The van der Waals surface area contributed by atoms with Crippen molar-refractivity contribution in [3.05, 3.63) is 41.2 Å². The third-order valence-corrected chi connectivity index (χ3v) is 5.38. The number of hydrogen-bond acceptors (Lipinski definition) is 5. The van der Waals surface area contributed by atoms with Crippen LogP contribution in [-0.4, -0.2) is 71.5 Å². The fourth-order valence-electron chi connectivity index (χ4n) is 3.80. The van der Waals surface area contributed by atoms with Gasteiger partial charge in [0.1, 0.15) is 5.75 Å². The molecule has 0 unspecified atom stereocenters. The molecule has 0 spiro atoms. The number of aryl methyl sites for hydroxylation is 1. The minimum absolute atomic E-state index is 0.0999. The number of ether oxygens (including phenoxy) is 2. The second-order valence-corrected chi connectivity index (χ2v) is 7.10. The fourth-order valence-corrected chi connectivity index (χ4v) is 3.80. The quantitative estimate of drug-likeness (QED) is 0.845. The second-order valence-electron chi connectivity index (χ2n) is 7.10. The predicted octanol–water partition coefficient (Wildman–Crippen LogP) is 1.49. The van der Waals surface area contributed by atoms with Gasteiger partial charge in [-0.2, -0.15) is 5.10 Å². The number of amides is 3. The van der Waals surface area contributed by atoms with Gasteiger partial charge in [0.05, 0.1) is 32.6 Å². The fraction of sp³-hybridized carbons (Fsp3) is 0.450. The van der Waals surface area contributed by atoms with Crippen LogP contribution in [0.25, 0.3) is 0 Å². The van der Waals surface area contributed by atoms with Gasteiger partial charge in [0.15, 0.2) is 5.69 Å². The Morgan fingerprint density at radius 1 is 1.14 bits per heavy atom. The van der Waals surface area contributed by atoms with Crippen molar-refractivity contribution in [2.75, 3.05) is 45.3 Å². The van der Waals surface area contributed by atoms with Gasteiger partial charge >= 0.3 is 6.03 Å². The van der Waals surface area contributed by atoms with E-state index in [9.17, 15) is 9.59 Å². The average Bonchev–Trinajstić information content (AvgIpc) is 3.10. The monoisotopic (exact) mass is 399 g/mol. The van der Waals surface area contributed by atoms with E-state index in [-0.39, 0.29) is 11.9 Å². The van der Waals surface area contributed by atoms with Crippen LogP contribution >= 0.6 is 0 Å². The number of aromatic nitrogens is 2. The molecular weight excluding hydrogens is 374 g/mol. The van der Waals surface area contributed by atoms with Crippen molar-refractivity contribution in [2.24, 2.45) is 7.05 Å². The summed E-state index contributed by atoms with van der Waals surface area (Å²) in [5, 5.41) is 7.38. The van der Waals surface area contributed by atoms with Crippen LogP contribution in [0.2, 0.25) is 0 Å². The average molecular weight is 399 g/mol. The number of methoxy groups -OCH3 is 1. The van der Waals surface area contributed by atoms with Crippen LogP contribution < -0.4 is 10.1 Å². The molecule has 0 radical (unpaired) electrons. The highest BCUT2D eigenvalue weighted by Crippen LogP contribution is 2.26. The number of morpholine rings is 1. The normalized spacial score (nSPS) is 16.3. The van der Waals surface area contributed by atoms with E-state index in [0.717, 1.165) is 11.3 Å². The topological polar surface area (TPSA) is 88.9 Å². The van der Waals surface area contributed by atoms with Crippen LogP contribution in [0.3, 0.4) is 0 Å². The Kier molecular flexibility index (Phi) is 5.39. The highest BCUT2D eigenvalue weighted by molar-refractivity contribution is 5.95. The van der Waals surface area contributed by atoms with Gasteiger partial charge < -0.3 is 24.6 Å². The van der Waals surface area contributed by atoms with Crippen LogP contribution in [0.4, 0.5) is 10.5 Å². The third kappa shape index (κ3) is 3.77. The summed E-state index contributed by atoms with van der Waals surface area (Å²) in [4.78, 5) is 29.3. The molecule has 0 saturated carbocycles. The molecule has 2 aliphatic heterocycles. The highest BCUT2D eigenvalue weighted by atomic mass is 16.5. The molecule has 1 fully saturated rings. The van der Waals surface area contributed by atoms with Crippen LogP contribution in [0.1, 0.15) is 21.7 Å². The van der Waals surface area contributed by atoms with E-state index in [2.05, 4.69) is 10.4 Å². The maximum atomic E-state index is 13.0. The number of benzene rings is 1. The molecule has 4 rings (SSSR count). The number of carbonyl (C=O) groups excluding carboxylic acids is 2. The van der Waals surface area contributed by atoms with Crippen LogP contribution in [0.5, 0.6) is 5.75 Å². The van der Waals surface area contributed by atoms with Crippen molar-refractivity contribution in [2.45, 2.75) is 13.0 Å². The Bertz CT molecular complexity index is 920. The Hall–Kier alpha value is -3.07. The van der Waals surface area contributed by atoms with Gasteiger partial charge in [0.25, 0.3) is 5.91 Å². The van der Waals surface area contributed by atoms with Crippen molar-refractivity contribution in [1.29, 1.82) is 0 Å². The number of nitrogens with zero attached hydrogens (tertiary/aromatic N) is 4. The molecule has 0 aliphatic carbocycles. The van der Waals surface area contributed by atoms with E-state index in [0.29, 0.717) is 62.9 Å². The smallest absolute Gasteiger partial charge is 0.322 e. The summed E-state index contributed by atoms with van der Waals surface area (Å²) in [7, 11) is 3.41. The minimum Gasteiger partial charge on any atom is -0.495 e. The largest absolute Gasteiger partial charge is 0.495 e. The van der Waals surface area contributed by atoms with Crippen LogP contribution in [0.15, 0.2) is 24.3 Å². The van der Waals surface area contributed by atoms with Gasteiger partial charge in [-0.15, -0.1) is 0 Å². The Labute approximate surface area is 169 Å². The van der Waals surface area contributed by atoms with E-state index in [4.69, 9.17) is 9.47 Å². The Morgan fingerprint density at radius 2 is 1.90 bits per heavy atom. The lowest BCUT2D eigenvalue weighted by atomic mass is 10.0. The number of nitrogens with one attached hydrogen (secondary N) is 1. The van der Waals surface area contributed by atoms with E-state index in [1.54, 1.807) is 33.7 Å². The number of urea groups is 1. The first kappa shape index (κ1) is 19.3. The molecule has 1 aromatic carbocycles. The van der Waals surface area contributed by atoms with Gasteiger partial charge in [-0.1, -0.05) is 12.1 Å². The first-order valence-electron chi connectivity index (χ1n) is 9.69. The zero-order valence-corrected chi connectivity index (χ0v) is 16.7. The molecule has 154 valence electrons. The molecule has 0 bridgehead atoms. The lowest BCUT2D eigenvalue weighted by Gasteiger charge is -2.29. The maximum absolute atomic E-state index is 13.0. The molecule has 2 aliphatic rings. The summed E-state index contributed by atoms with van der Waals surface area (Å²) in [6.07, 6.45) is 0.647. The summed E-state index contributed by atoms with van der Waals surface area (Å²) >= 11 is 0. The number of hydrogen-bond donors (Lipinski definition) is 1. The summed E-state index contributed by atoms with van der Waals surface area (Å²) in [5.74, 6) is 0.500. The van der Waals surface area contributed by atoms with Crippen molar-refractivity contribution in [1.82, 2.24) is 19.6 Å². The molecule has 3 heterocycles. The van der Waals surface area contributed by atoms with Crippen molar-refractivity contribution < 1.29 is 19.1 Å². The Morgan fingerprint density at radius 3 is 2.66 bits per heavy atom. The van der Waals surface area contributed by atoms with Gasteiger partial charge in [-0.25, -0.2) is 4.79 Å². The number of fused-ring (bicyclic) bond motifs is 1. The van der Waals surface area contributed by atoms with Gasteiger partial charge in [-0.3, -0.25) is 9.48 Å². The van der Waals surface area contributed by atoms with E-state index < -0.39 is 0 Å². The summed E-state index contributed by atoms with van der Waals surface area (Å²) in [5.41, 5.74) is 2.87. The first-order chi connectivity index (χ1) is 14.1. The van der Waals surface area contributed by atoms with E-state index in [1.807, 2.05) is 19.2 Å². The zero-order valence-electron chi connectivity index (χ0n) is 16.7. The number of anilines is 1. The van der Waals surface area contributed by atoms with Gasteiger partial charge in [0.2, 0.25) is 0 Å². The molecule has 0 atom stereocenters. The summed E-state index contributed by atoms with van der Waals surface area (Å²) in [6, 6.07) is 7.05. The lowest BCUT2D eigenvalue weighted by Crippen LogP contribution is -2.42. The standard InChI is InChI=1S/C20H25N5O4/c1-23-16-7-8-25(20(27)21-15-5-3-4-6-17(15)28-2)13-14(16)18(22-23)19(26)24-9-11-29-12-10-24/h3-6H,7-13H2,1-2H3,(H,21,27). The molecule has 29 heavy (non-hydrogen) atoms. The summed E-state index contributed by atoms with van der Waals surface area (Å²) in [6.45, 7) is 3.08. The molecule has 9 heteroatoms. The van der Waals surface area contributed by atoms with Gasteiger partial charge in [-0.05, 0) is 12.1 Å². The third-order valence-electron chi connectivity index (χ3n) is 5.38. The van der Waals surface area contributed by atoms with Gasteiger partial charge in [0, 0.05) is 44.4 Å². The number of carbonyl (C=O) groups is 2. The minimum atomic E-state index is -0.228. The molecule has 1 N–H and O–H groups in total.